The van der Waals surface area contributed by atoms with Gasteiger partial charge >= 0.3 is 0 Å². The molecule has 2 N–H and O–H groups in total. The van der Waals surface area contributed by atoms with Gasteiger partial charge in [0.25, 0.3) is 5.91 Å². The van der Waals surface area contributed by atoms with Crippen molar-refractivity contribution in [3.05, 3.63) is 29.8 Å². The van der Waals surface area contributed by atoms with Crippen LogP contribution in [0.3, 0.4) is 0 Å². The average molecular weight is 319 g/mol. The Bertz CT molecular complexity index is 528. The van der Waals surface area contributed by atoms with E-state index < -0.39 is 0 Å². The van der Waals surface area contributed by atoms with Crippen molar-refractivity contribution >= 4 is 11.6 Å². The fourth-order valence-corrected chi connectivity index (χ4v) is 3.25. The number of β-amino-alcohol motifs (C(OH)–C–C–N with tert-alkyl or cyclic N) is 1. The molecule has 0 unspecified atom stereocenters. The van der Waals surface area contributed by atoms with E-state index >= 15 is 0 Å². The number of carbonyl (C=O) groups is 1. The lowest BCUT2D eigenvalue weighted by molar-refractivity contribution is 0.0943. The normalized spacial score (nSPS) is 25.6. The number of benzene rings is 1. The van der Waals surface area contributed by atoms with Crippen LogP contribution in [0, 0.1) is 0 Å². The number of anilines is 1. The highest BCUT2D eigenvalue weighted by atomic mass is 16.5. The second kappa shape index (κ2) is 7.29. The number of aliphatic hydroxyl groups is 1. The zero-order valence-corrected chi connectivity index (χ0v) is 13.6. The minimum Gasteiger partial charge on any atom is -0.392 e. The first-order chi connectivity index (χ1) is 11.1. The van der Waals surface area contributed by atoms with Gasteiger partial charge in [-0.2, -0.15) is 0 Å². The number of rotatable bonds is 4. The summed E-state index contributed by atoms with van der Waals surface area (Å²) in [5.41, 5.74) is 1.80. The Hall–Kier alpha value is -1.63. The van der Waals surface area contributed by atoms with Gasteiger partial charge in [-0.1, -0.05) is 0 Å². The SMILES string of the molecule is CN1C[C@H](O)C[C@H]1CNC(=O)c1ccc(N2CCOCC2)cc1. The molecule has 6 nitrogen and oxygen atoms in total. The monoisotopic (exact) mass is 319 g/mol. The number of morpholine rings is 1. The first-order valence-corrected chi connectivity index (χ1v) is 8.23. The third-order valence-corrected chi connectivity index (χ3v) is 4.67. The van der Waals surface area contributed by atoms with Gasteiger partial charge in [0.1, 0.15) is 0 Å². The van der Waals surface area contributed by atoms with Crippen molar-refractivity contribution in [3.63, 3.8) is 0 Å². The van der Waals surface area contributed by atoms with E-state index in [0.717, 1.165) is 32.0 Å². The molecule has 0 radical (unpaired) electrons. The molecule has 2 aliphatic heterocycles. The maximum absolute atomic E-state index is 12.3. The number of nitrogens with one attached hydrogen (secondary N) is 1. The predicted octanol–water partition coefficient (Wildman–Crippen LogP) is 0.318. The van der Waals surface area contributed by atoms with Crippen molar-refractivity contribution in [2.45, 2.75) is 18.6 Å². The van der Waals surface area contributed by atoms with E-state index in [9.17, 15) is 9.90 Å². The molecule has 0 saturated carbocycles. The number of ether oxygens (including phenoxy) is 1. The third-order valence-electron chi connectivity index (χ3n) is 4.67. The van der Waals surface area contributed by atoms with Gasteiger partial charge in [-0.3, -0.25) is 9.69 Å². The fraction of sp³-hybridized carbons (Fsp3) is 0.588. The zero-order chi connectivity index (χ0) is 16.2. The second-order valence-corrected chi connectivity index (χ2v) is 6.34. The average Bonchev–Trinajstić information content (AvgIpc) is 2.91. The number of hydrogen-bond acceptors (Lipinski definition) is 5. The maximum atomic E-state index is 12.3. The lowest BCUT2D eigenvalue weighted by atomic mass is 10.1. The summed E-state index contributed by atoms with van der Waals surface area (Å²) in [6.07, 6.45) is 0.432. The zero-order valence-electron chi connectivity index (χ0n) is 13.6. The van der Waals surface area contributed by atoms with Gasteiger partial charge in [0.15, 0.2) is 0 Å². The van der Waals surface area contributed by atoms with Gasteiger partial charge in [-0.05, 0) is 37.7 Å². The Kier molecular flexibility index (Phi) is 5.15. The standard InChI is InChI=1S/C17H25N3O3/c1-19-12-16(21)10-15(19)11-18-17(22)13-2-4-14(5-3-13)20-6-8-23-9-7-20/h2-5,15-16,21H,6-12H2,1H3,(H,18,22)/t15-,16+/m0/s1. The van der Waals surface area contributed by atoms with Gasteiger partial charge in [0.2, 0.25) is 0 Å². The molecular weight excluding hydrogens is 294 g/mol. The van der Waals surface area contributed by atoms with Crippen LogP contribution in [0.4, 0.5) is 5.69 Å². The van der Waals surface area contributed by atoms with Gasteiger partial charge < -0.3 is 20.1 Å². The molecule has 0 bridgehead atoms. The van der Waals surface area contributed by atoms with E-state index in [2.05, 4.69) is 15.1 Å². The van der Waals surface area contributed by atoms with Gasteiger partial charge in [0, 0.05) is 43.5 Å². The van der Waals surface area contributed by atoms with Crippen LogP contribution < -0.4 is 10.2 Å². The smallest absolute Gasteiger partial charge is 0.251 e. The summed E-state index contributed by atoms with van der Waals surface area (Å²) < 4.78 is 5.35. The molecule has 2 saturated heterocycles. The fourth-order valence-electron chi connectivity index (χ4n) is 3.25. The minimum absolute atomic E-state index is 0.0617. The molecule has 126 valence electrons. The molecule has 6 heteroatoms. The summed E-state index contributed by atoms with van der Waals surface area (Å²) in [4.78, 5) is 16.6. The predicted molar refractivity (Wildman–Crippen MR) is 88.8 cm³/mol. The highest BCUT2D eigenvalue weighted by molar-refractivity contribution is 5.94. The summed E-state index contributed by atoms with van der Waals surface area (Å²) in [5, 5.41) is 12.6. The molecule has 2 fully saturated rings. The first-order valence-electron chi connectivity index (χ1n) is 8.23. The van der Waals surface area contributed by atoms with Crippen LogP contribution >= 0.6 is 0 Å². The maximum Gasteiger partial charge on any atom is 0.251 e. The molecule has 0 aromatic heterocycles. The number of nitrogens with zero attached hydrogens (tertiary/aromatic N) is 2. The topological polar surface area (TPSA) is 65.0 Å². The lowest BCUT2D eigenvalue weighted by Gasteiger charge is -2.28. The molecule has 0 spiro atoms. The second-order valence-electron chi connectivity index (χ2n) is 6.34. The van der Waals surface area contributed by atoms with E-state index in [0.29, 0.717) is 25.1 Å². The summed E-state index contributed by atoms with van der Waals surface area (Å²) in [6.45, 7) is 4.53. The van der Waals surface area contributed by atoms with Crippen molar-refractivity contribution in [1.29, 1.82) is 0 Å². The van der Waals surface area contributed by atoms with Gasteiger partial charge in [-0.15, -0.1) is 0 Å². The molecule has 1 aromatic carbocycles. The van der Waals surface area contributed by atoms with Crippen molar-refractivity contribution in [2.75, 3.05) is 51.3 Å². The van der Waals surface area contributed by atoms with Crippen LogP contribution in [-0.2, 0) is 4.74 Å². The van der Waals surface area contributed by atoms with E-state index in [1.807, 2.05) is 31.3 Å². The highest BCUT2D eigenvalue weighted by Gasteiger charge is 2.28. The van der Waals surface area contributed by atoms with Crippen LogP contribution in [0.25, 0.3) is 0 Å². The van der Waals surface area contributed by atoms with Crippen LogP contribution in [0.15, 0.2) is 24.3 Å². The lowest BCUT2D eigenvalue weighted by Crippen LogP contribution is -2.38. The molecule has 3 rings (SSSR count). The Morgan fingerprint density at radius 1 is 1.30 bits per heavy atom. The molecular formula is C17H25N3O3. The van der Waals surface area contributed by atoms with E-state index in [-0.39, 0.29) is 18.1 Å². The molecule has 2 aliphatic rings. The summed E-state index contributed by atoms with van der Waals surface area (Å²) in [5.74, 6) is -0.0617. The van der Waals surface area contributed by atoms with Gasteiger partial charge in [-0.25, -0.2) is 0 Å². The van der Waals surface area contributed by atoms with Crippen LogP contribution in [0.2, 0.25) is 0 Å². The van der Waals surface area contributed by atoms with Crippen molar-refractivity contribution in [3.8, 4) is 0 Å². The summed E-state index contributed by atoms with van der Waals surface area (Å²) in [6, 6.07) is 7.93. The molecule has 0 aliphatic carbocycles. The molecule has 2 heterocycles. The number of likely N-dealkylation sites (N-methyl/N-ethyl adjacent to an activating group) is 1. The van der Waals surface area contributed by atoms with Crippen LogP contribution in [-0.4, -0.2) is 74.5 Å². The van der Waals surface area contributed by atoms with Gasteiger partial charge in [0.05, 0.1) is 19.3 Å². The quantitative estimate of drug-likeness (QED) is 0.837. The number of hydrogen-bond donors (Lipinski definition) is 2. The summed E-state index contributed by atoms with van der Waals surface area (Å²) in [7, 11) is 1.98. The Morgan fingerprint density at radius 2 is 2.00 bits per heavy atom. The Balaban J connectivity index is 1.53. The first kappa shape index (κ1) is 16.2. The Morgan fingerprint density at radius 3 is 2.61 bits per heavy atom. The molecule has 1 amide bonds. The van der Waals surface area contributed by atoms with E-state index in [1.165, 1.54) is 0 Å². The molecule has 1 aromatic rings. The molecule has 23 heavy (non-hydrogen) atoms. The number of carbonyl (C=O) groups excluding carboxylic acids is 1. The largest absolute Gasteiger partial charge is 0.392 e. The highest BCUT2D eigenvalue weighted by Crippen LogP contribution is 2.17. The van der Waals surface area contributed by atoms with Crippen molar-refractivity contribution in [1.82, 2.24) is 10.2 Å². The number of likely N-dealkylation sites (tertiary alicyclic amines) is 1. The van der Waals surface area contributed by atoms with Crippen LogP contribution in [0.1, 0.15) is 16.8 Å². The van der Waals surface area contributed by atoms with E-state index in [4.69, 9.17) is 4.74 Å². The van der Waals surface area contributed by atoms with Crippen molar-refractivity contribution < 1.29 is 14.6 Å². The van der Waals surface area contributed by atoms with Crippen LogP contribution in [0.5, 0.6) is 0 Å². The molecule has 2 atom stereocenters. The summed E-state index contributed by atoms with van der Waals surface area (Å²) >= 11 is 0. The third kappa shape index (κ3) is 4.02. The van der Waals surface area contributed by atoms with Crippen molar-refractivity contribution in [2.24, 2.45) is 0 Å². The Labute approximate surface area is 137 Å². The number of amides is 1. The number of aliphatic hydroxyl groups excluding tert-OH is 1. The van der Waals surface area contributed by atoms with E-state index in [1.54, 1.807) is 0 Å². The minimum atomic E-state index is -0.283.